The lowest BCUT2D eigenvalue weighted by Crippen LogP contribution is -2.14. The van der Waals surface area contributed by atoms with Gasteiger partial charge in [-0.05, 0) is 112 Å². The van der Waals surface area contributed by atoms with Gasteiger partial charge in [-0.2, -0.15) is 0 Å². The molecule has 0 saturated heterocycles. The van der Waals surface area contributed by atoms with E-state index in [1.807, 2.05) is 0 Å². The van der Waals surface area contributed by atoms with Gasteiger partial charge in [-0.1, -0.05) is 166 Å². The fourth-order valence-electron chi connectivity index (χ4n) is 9.10. The molecule has 10 aromatic rings. The fraction of sp³-hybridized carbons (Fsp3) is 0.0577. The summed E-state index contributed by atoms with van der Waals surface area (Å²) >= 11 is 1.75. The quantitative estimate of drug-likeness (QED) is 0.166. The molecule has 1 aromatic heterocycles. The Labute approximate surface area is 318 Å². The van der Waals surface area contributed by atoms with Crippen molar-refractivity contribution >= 4 is 53.9 Å². The van der Waals surface area contributed by atoms with Crippen LogP contribution in [-0.2, 0) is 5.41 Å². The zero-order chi connectivity index (χ0) is 36.0. The predicted molar refractivity (Wildman–Crippen MR) is 231 cm³/mol. The molecule has 2 heteroatoms. The van der Waals surface area contributed by atoms with E-state index in [0.29, 0.717) is 0 Å². The van der Waals surface area contributed by atoms with Crippen molar-refractivity contribution in [1.29, 1.82) is 0 Å². The molecule has 0 fully saturated rings. The molecule has 0 saturated carbocycles. The molecule has 1 aliphatic carbocycles. The Hall–Kier alpha value is -6.35. The lowest BCUT2D eigenvalue weighted by molar-refractivity contribution is 0.660. The van der Waals surface area contributed by atoms with Gasteiger partial charge in [-0.15, -0.1) is 11.3 Å². The van der Waals surface area contributed by atoms with Gasteiger partial charge >= 0.3 is 0 Å². The molecule has 0 aliphatic heterocycles. The second-order valence-corrected chi connectivity index (χ2v) is 16.1. The minimum atomic E-state index is -0.0441. The summed E-state index contributed by atoms with van der Waals surface area (Å²) in [5, 5.41) is 8.60. The van der Waals surface area contributed by atoms with Crippen molar-refractivity contribution in [2.75, 3.05) is 0 Å². The van der Waals surface area contributed by atoms with Crippen molar-refractivity contribution < 1.29 is 0 Å². The van der Waals surface area contributed by atoms with Gasteiger partial charge in [0.05, 0.1) is 10.2 Å². The number of thiazole rings is 1. The van der Waals surface area contributed by atoms with Gasteiger partial charge < -0.3 is 0 Å². The summed E-state index contributed by atoms with van der Waals surface area (Å²) < 4.78 is 1.21. The first-order chi connectivity index (χ1) is 26.5. The lowest BCUT2D eigenvalue weighted by Gasteiger charge is -2.22. The number of fused-ring (bicyclic) bond motifs is 7. The number of para-hydroxylation sites is 1. The van der Waals surface area contributed by atoms with E-state index in [0.717, 1.165) is 16.1 Å². The smallest absolute Gasteiger partial charge is 0.124 e. The van der Waals surface area contributed by atoms with Crippen LogP contribution >= 0.6 is 11.3 Å². The fourth-order valence-corrected chi connectivity index (χ4v) is 10.1. The maximum Gasteiger partial charge on any atom is 0.124 e. The Morgan fingerprint density at radius 3 is 1.83 bits per heavy atom. The van der Waals surface area contributed by atoms with Crippen LogP contribution in [0.25, 0.3) is 97.6 Å². The molecular weight excluding hydrogens is 671 g/mol. The van der Waals surface area contributed by atoms with Crippen LogP contribution < -0.4 is 0 Å². The van der Waals surface area contributed by atoms with Gasteiger partial charge in [0.2, 0.25) is 0 Å². The summed E-state index contributed by atoms with van der Waals surface area (Å²) in [6, 6.07) is 65.1. The monoisotopic (exact) mass is 705 g/mol. The van der Waals surface area contributed by atoms with E-state index in [-0.39, 0.29) is 5.41 Å². The number of hydrogen-bond acceptors (Lipinski definition) is 2. The van der Waals surface area contributed by atoms with E-state index < -0.39 is 0 Å². The highest BCUT2D eigenvalue weighted by atomic mass is 32.1. The van der Waals surface area contributed by atoms with Crippen LogP contribution in [0.15, 0.2) is 176 Å². The maximum absolute atomic E-state index is 4.96. The normalized spacial score (nSPS) is 13.1. The molecule has 0 spiro atoms. The summed E-state index contributed by atoms with van der Waals surface area (Å²) in [6.07, 6.45) is 0. The zero-order valence-electron chi connectivity index (χ0n) is 30.1. The molecule has 0 N–H and O–H groups in total. The molecule has 1 nitrogen and oxygen atoms in total. The van der Waals surface area contributed by atoms with Crippen molar-refractivity contribution in [1.82, 2.24) is 4.98 Å². The number of nitrogens with zero attached hydrogens (tertiary/aromatic N) is 1. The topological polar surface area (TPSA) is 12.9 Å². The number of hydrogen-bond donors (Lipinski definition) is 0. The molecule has 0 unspecified atom stereocenters. The van der Waals surface area contributed by atoms with Gasteiger partial charge in [-0.25, -0.2) is 4.98 Å². The highest BCUT2D eigenvalue weighted by Crippen LogP contribution is 2.51. The summed E-state index contributed by atoms with van der Waals surface area (Å²) in [5.74, 6) is 0. The Bertz CT molecular complexity index is 3090. The maximum atomic E-state index is 4.96. The standard InChI is InChI=1S/C52H35NS/c1-52(2)45-19-8-7-15-39(45)43-31-36(27-29-46(43)52)50-41-17-6-5-16-40(41)49(33-22-24-34(25-23-33)51-53-47-20-9-10-21-48(47)54-51)42-28-26-35(30-44(42)50)38-18-11-13-32-12-3-4-14-37(32)38/h3-31H,1-2H3. The largest absolute Gasteiger partial charge is 0.236 e. The van der Waals surface area contributed by atoms with Crippen LogP contribution in [0.3, 0.4) is 0 Å². The highest BCUT2D eigenvalue weighted by molar-refractivity contribution is 7.21. The summed E-state index contributed by atoms with van der Waals surface area (Å²) in [7, 11) is 0. The van der Waals surface area contributed by atoms with Crippen LogP contribution in [0.5, 0.6) is 0 Å². The molecule has 0 radical (unpaired) electrons. The van der Waals surface area contributed by atoms with Crippen LogP contribution in [-0.4, -0.2) is 4.98 Å². The van der Waals surface area contributed by atoms with Gasteiger partial charge in [0.1, 0.15) is 5.01 Å². The minimum Gasteiger partial charge on any atom is -0.236 e. The Morgan fingerprint density at radius 1 is 0.407 bits per heavy atom. The Balaban J connectivity index is 1.18. The summed E-state index contributed by atoms with van der Waals surface area (Å²) in [5.41, 5.74) is 15.1. The van der Waals surface area contributed by atoms with Crippen molar-refractivity contribution in [2.45, 2.75) is 19.3 Å². The minimum absolute atomic E-state index is 0.0441. The highest BCUT2D eigenvalue weighted by Gasteiger charge is 2.35. The molecule has 11 rings (SSSR count). The van der Waals surface area contributed by atoms with E-state index in [9.17, 15) is 0 Å². The van der Waals surface area contributed by atoms with E-state index in [4.69, 9.17) is 4.98 Å². The van der Waals surface area contributed by atoms with Crippen LogP contribution in [0.2, 0.25) is 0 Å². The zero-order valence-corrected chi connectivity index (χ0v) is 30.9. The first-order valence-corrected chi connectivity index (χ1v) is 19.5. The molecule has 0 atom stereocenters. The summed E-state index contributed by atoms with van der Waals surface area (Å²) in [6.45, 7) is 4.71. The van der Waals surface area contributed by atoms with Crippen LogP contribution in [0.4, 0.5) is 0 Å². The SMILES string of the molecule is CC1(C)c2ccccc2-c2cc(-c3c4ccccc4c(-c4ccc(-c5nc6ccccc6s5)cc4)c4ccc(-c5cccc6ccccc56)cc34)ccc21. The van der Waals surface area contributed by atoms with Crippen LogP contribution in [0, 0.1) is 0 Å². The molecule has 254 valence electrons. The average molecular weight is 706 g/mol. The van der Waals surface area contributed by atoms with E-state index in [1.54, 1.807) is 11.3 Å². The first-order valence-electron chi connectivity index (χ1n) is 18.7. The van der Waals surface area contributed by atoms with Crippen molar-refractivity contribution in [2.24, 2.45) is 0 Å². The van der Waals surface area contributed by atoms with Gasteiger partial charge in [0.25, 0.3) is 0 Å². The molecule has 54 heavy (non-hydrogen) atoms. The second kappa shape index (κ2) is 11.8. The Kier molecular flexibility index (Phi) is 6.84. The third kappa shape index (κ3) is 4.67. The molecule has 1 aliphatic rings. The predicted octanol–water partition coefficient (Wildman–Crippen LogP) is 14.7. The van der Waals surface area contributed by atoms with Crippen molar-refractivity contribution in [3.8, 4) is 55.1 Å². The average Bonchev–Trinajstić information content (AvgIpc) is 3.76. The van der Waals surface area contributed by atoms with Crippen molar-refractivity contribution in [3.63, 3.8) is 0 Å². The lowest BCUT2D eigenvalue weighted by atomic mass is 9.81. The van der Waals surface area contributed by atoms with E-state index in [1.165, 1.54) is 92.7 Å². The third-order valence-corrected chi connectivity index (χ3v) is 12.8. The number of rotatable bonds is 4. The second-order valence-electron chi connectivity index (χ2n) is 15.1. The molecule has 0 amide bonds. The van der Waals surface area contributed by atoms with Crippen molar-refractivity contribution in [3.05, 3.63) is 187 Å². The molecular formula is C52H35NS. The van der Waals surface area contributed by atoms with Gasteiger partial charge in [0.15, 0.2) is 0 Å². The van der Waals surface area contributed by atoms with Gasteiger partial charge in [0, 0.05) is 11.0 Å². The van der Waals surface area contributed by atoms with E-state index >= 15 is 0 Å². The molecule has 1 heterocycles. The Morgan fingerprint density at radius 2 is 1.00 bits per heavy atom. The first kappa shape index (κ1) is 31.2. The van der Waals surface area contributed by atoms with Crippen LogP contribution in [0.1, 0.15) is 25.0 Å². The number of benzene rings is 9. The van der Waals surface area contributed by atoms with E-state index in [2.05, 4.69) is 190 Å². The molecule has 0 bridgehead atoms. The summed E-state index contributed by atoms with van der Waals surface area (Å²) in [4.78, 5) is 4.96. The van der Waals surface area contributed by atoms with Gasteiger partial charge in [-0.3, -0.25) is 0 Å². The molecule has 9 aromatic carbocycles. The third-order valence-electron chi connectivity index (χ3n) is 11.7. The number of aromatic nitrogens is 1.